The maximum atomic E-state index is 12.7. The van der Waals surface area contributed by atoms with E-state index in [2.05, 4.69) is 0 Å². The molecule has 1 aliphatic heterocycles. The summed E-state index contributed by atoms with van der Waals surface area (Å²) in [6, 6.07) is 14.8. The SMILES string of the molecule is CCOc1ccc(C(=O)N2CCN(C(=O)c3ccccc3)CC2)cc1C. The zero-order valence-corrected chi connectivity index (χ0v) is 15.3. The summed E-state index contributed by atoms with van der Waals surface area (Å²) in [5.41, 5.74) is 2.30. The standard InChI is InChI=1S/C21H24N2O3/c1-3-26-19-10-9-18(15-16(19)2)21(25)23-13-11-22(12-14-23)20(24)17-7-5-4-6-8-17/h4-10,15H,3,11-14H2,1-2H3. The molecule has 0 saturated carbocycles. The molecule has 26 heavy (non-hydrogen) atoms. The van der Waals surface area contributed by atoms with E-state index < -0.39 is 0 Å². The van der Waals surface area contributed by atoms with Gasteiger partial charge in [-0.2, -0.15) is 0 Å². The molecule has 2 amide bonds. The second-order valence-electron chi connectivity index (χ2n) is 6.36. The van der Waals surface area contributed by atoms with Crippen LogP contribution in [0.4, 0.5) is 0 Å². The Labute approximate surface area is 154 Å². The fraction of sp³-hybridized carbons (Fsp3) is 0.333. The van der Waals surface area contributed by atoms with Gasteiger partial charge in [0, 0.05) is 37.3 Å². The molecule has 0 aromatic heterocycles. The van der Waals surface area contributed by atoms with Gasteiger partial charge in [-0.05, 0) is 49.7 Å². The molecule has 0 bridgehead atoms. The fourth-order valence-electron chi connectivity index (χ4n) is 3.16. The number of hydrogen-bond donors (Lipinski definition) is 0. The summed E-state index contributed by atoms with van der Waals surface area (Å²) in [5.74, 6) is 0.833. The molecule has 1 saturated heterocycles. The van der Waals surface area contributed by atoms with Gasteiger partial charge in [-0.25, -0.2) is 0 Å². The minimum absolute atomic E-state index is 0.00274. The topological polar surface area (TPSA) is 49.9 Å². The summed E-state index contributed by atoms with van der Waals surface area (Å²) in [7, 11) is 0. The summed E-state index contributed by atoms with van der Waals surface area (Å²) in [6.07, 6.45) is 0. The number of piperazine rings is 1. The maximum Gasteiger partial charge on any atom is 0.253 e. The van der Waals surface area contributed by atoms with Crippen LogP contribution in [-0.4, -0.2) is 54.4 Å². The summed E-state index contributed by atoms with van der Waals surface area (Å²) in [4.78, 5) is 28.9. The molecule has 0 radical (unpaired) electrons. The second kappa shape index (κ2) is 8.04. The van der Waals surface area contributed by atoms with Crippen molar-refractivity contribution in [1.29, 1.82) is 0 Å². The van der Waals surface area contributed by atoms with Crippen LogP contribution in [0, 0.1) is 6.92 Å². The molecule has 3 rings (SSSR count). The van der Waals surface area contributed by atoms with Crippen molar-refractivity contribution in [3.8, 4) is 5.75 Å². The van der Waals surface area contributed by atoms with Gasteiger partial charge in [-0.1, -0.05) is 18.2 Å². The molecular weight excluding hydrogens is 328 g/mol. The maximum absolute atomic E-state index is 12.7. The second-order valence-corrected chi connectivity index (χ2v) is 6.36. The molecule has 0 N–H and O–H groups in total. The van der Waals surface area contributed by atoms with Gasteiger partial charge in [0.15, 0.2) is 0 Å². The van der Waals surface area contributed by atoms with Crippen LogP contribution in [0.3, 0.4) is 0 Å². The predicted octanol–water partition coefficient (Wildman–Crippen LogP) is 2.99. The highest BCUT2D eigenvalue weighted by Crippen LogP contribution is 2.20. The van der Waals surface area contributed by atoms with E-state index in [1.165, 1.54) is 0 Å². The predicted molar refractivity (Wildman–Crippen MR) is 101 cm³/mol. The molecule has 0 unspecified atom stereocenters. The molecule has 1 aliphatic rings. The number of nitrogens with zero attached hydrogens (tertiary/aromatic N) is 2. The number of benzene rings is 2. The third-order valence-electron chi connectivity index (χ3n) is 4.60. The van der Waals surface area contributed by atoms with Crippen molar-refractivity contribution >= 4 is 11.8 Å². The molecule has 0 spiro atoms. The molecule has 1 fully saturated rings. The zero-order valence-electron chi connectivity index (χ0n) is 15.3. The fourth-order valence-corrected chi connectivity index (χ4v) is 3.16. The molecule has 0 atom stereocenters. The molecular formula is C21H24N2O3. The summed E-state index contributed by atoms with van der Waals surface area (Å²) in [6.45, 7) is 6.68. The lowest BCUT2D eigenvalue weighted by Crippen LogP contribution is -2.50. The summed E-state index contributed by atoms with van der Waals surface area (Å²) < 4.78 is 5.53. The third-order valence-corrected chi connectivity index (χ3v) is 4.60. The van der Waals surface area contributed by atoms with Gasteiger partial charge >= 0.3 is 0 Å². The highest BCUT2D eigenvalue weighted by Gasteiger charge is 2.25. The Morgan fingerprint density at radius 3 is 2.00 bits per heavy atom. The van der Waals surface area contributed by atoms with Crippen molar-refractivity contribution in [2.75, 3.05) is 32.8 Å². The largest absolute Gasteiger partial charge is 0.494 e. The van der Waals surface area contributed by atoms with Crippen molar-refractivity contribution in [2.24, 2.45) is 0 Å². The Balaban J connectivity index is 1.62. The highest BCUT2D eigenvalue weighted by atomic mass is 16.5. The van der Waals surface area contributed by atoms with Crippen molar-refractivity contribution in [3.63, 3.8) is 0 Å². The number of carbonyl (C=O) groups excluding carboxylic acids is 2. The number of ether oxygens (including phenoxy) is 1. The Morgan fingerprint density at radius 2 is 1.46 bits per heavy atom. The van der Waals surface area contributed by atoms with Gasteiger partial charge in [0.25, 0.3) is 11.8 Å². The smallest absolute Gasteiger partial charge is 0.253 e. The first kappa shape index (κ1) is 18.0. The number of carbonyl (C=O) groups is 2. The van der Waals surface area contributed by atoms with Crippen molar-refractivity contribution in [3.05, 3.63) is 65.2 Å². The number of rotatable bonds is 4. The van der Waals surface area contributed by atoms with Crippen molar-refractivity contribution in [1.82, 2.24) is 9.80 Å². The van der Waals surface area contributed by atoms with E-state index in [1.54, 1.807) is 0 Å². The molecule has 0 aliphatic carbocycles. The van der Waals surface area contributed by atoms with Gasteiger partial charge in [-0.15, -0.1) is 0 Å². The van der Waals surface area contributed by atoms with Gasteiger partial charge in [0.2, 0.25) is 0 Å². The average Bonchev–Trinajstić information content (AvgIpc) is 2.69. The Morgan fingerprint density at radius 1 is 0.885 bits per heavy atom. The summed E-state index contributed by atoms with van der Waals surface area (Å²) >= 11 is 0. The summed E-state index contributed by atoms with van der Waals surface area (Å²) in [5, 5.41) is 0. The normalized spacial score (nSPS) is 14.2. The van der Waals surface area contributed by atoms with Crippen LogP contribution in [-0.2, 0) is 0 Å². The molecule has 2 aromatic carbocycles. The first-order chi connectivity index (χ1) is 12.6. The number of amides is 2. The monoisotopic (exact) mass is 352 g/mol. The Kier molecular flexibility index (Phi) is 5.56. The van der Waals surface area contributed by atoms with E-state index in [9.17, 15) is 9.59 Å². The molecule has 5 heteroatoms. The van der Waals surface area contributed by atoms with E-state index in [0.717, 1.165) is 11.3 Å². The van der Waals surface area contributed by atoms with E-state index in [0.29, 0.717) is 43.9 Å². The van der Waals surface area contributed by atoms with E-state index in [1.807, 2.05) is 72.2 Å². The molecule has 5 nitrogen and oxygen atoms in total. The van der Waals surface area contributed by atoms with E-state index in [-0.39, 0.29) is 11.8 Å². The minimum Gasteiger partial charge on any atom is -0.494 e. The lowest BCUT2D eigenvalue weighted by atomic mass is 10.1. The van der Waals surface area contributed by atoms with Crippen molar-refractivity contribution in [2.45, 2.75) is 13.8 Å². The molecule has 2 aromatic rings. The van der Waals surface area contributed by atoms with Gasteiger partial charge in [-0.3, -0.25) is 9.59 Å². The zero-order chi connectivity index (χ0) is 18.5. The van der Waals surface area contributed by atoms with Gasteiger partial charge in [0.1, 0.15) is 5.75 Å². The van der Waals surface area contributed by atoms with Crippen LogP contribution in [0.5, 0.6) is 5.75 Å². The minimum atomic E-state index is 0.00274. The first-order valence-electron chi connectivity index (χ1n) is 8.97. The first-order valence-corrected chi connectivity index (χ1v) is 8.97. The van der Waals surface area contributed by atoms with E-state index in [4.69, 9.17) is 4.74 Å². The highest BCUT2D eigenvalue weighted by molar-refractivity contribution is 5.96. The van der Waals surface area contributed by atoms with Crippen LogP contribution in [0.25, 0.3) is 0 Å². The molecule has 1 heterocycles. The Bertz CT molecular complexity index is 781. The number of hydrogen-bond acceptors (Lipinski definition) is 3. The number of aryl methyl sites for hydroxylation is 1. The lowest BCUT2D eigenvalue weighted by molar-refractivity contribution is 0.0535. The quantitative estimate of drug-likeness (QED) is 0.850. The van der Waals surface area contributed by atoms with Crippen LogP contribution < -0.4 is 4.74 Å². The lowest BCUT2D eigenvalue weighted by Gasteiger charge is -2.35. The third kappa shape index (κ3) is 3.87. The van der Waals surface area contributed by atoms with Crippen LogP contribution in [0.2, 0.25) is 0 Å². The molecule has 136 valence electrons. The van der Waals surface area contributed by atoms with Crippen LogP contribution in [0.1, 0.15) is 33.2 Å². The van der Waals surface area contributed by atoms with E-state index >= 15 is 0 Å². The average molecular weight is 352 g/mol. The van der Waals surface area contributed by atoms with Gasteiger partial charge in [0.05, 0.1) is 6.61 Å². The van der Waals surface area contributed by atoms with Crippen LogP contribution in [0.15, 0.2) is 48.5 Å². The van der Waals surface area contributed by atoms with Crippen LogP contribution >= 0.6 is 0 Å². The van der Waals surface area contributed by atoms with Crippen molar-refractivity contribution < 1.29 is 14.3 Å². The van der Waals surface area contributed by atoms with Gasteiger partial charge < -0.3 is 14.5 Å². The Hall–Kier alpha value is -2.82.